The SMILES string of the molecule is CCCC(C)(N)C(=O)Nc1ccc(Oc2ccccc2OC)c(F)c1.Cl. The number of para-hydroxylation sites is 2. The molecule has 142 valence electrons. The smallest absolute Gasteiger partial charge is 0.244 e. The topological polar surface area (TPSA) is 73.6 Å². The Balaban J connectivity index is 0.00000338. The summed E-state index contributed by atoms with van der Waals surface area (Å²) in [5.41, 5.74) is 5.30. The van der Waals surface area contributed by atoms with E-state index in [0.717, 1.165) is 6.42 Å². The molecule has 0 spiro atoms. The Morgan fingerprint density at radius 1 is 1.19 bits per heavy atom. The van der Waals surface area contributed by atoms with Crippen molar-refractivity contribution in [1.82, 2.24) is 0 Å². The highest BCUT2D eigenvalue weighted by Gasteiger charge is 2.27. The first kappa shape index (κ1) is 21.7. The van der Waals surface area contributed by atoms with Gasteiger partial charge in [-0.3, -0.25) is 4.79 Å². The van der Waals surface area contributed by atoms with Crippen LogP contribution in [0.2, 0.25) is 0 Å². The standard InChI is InChI=1S/C19H23FN2O3.ClH/c1-4-11-19(2,21)18(23)22-13-9-10-15(14(20)12-13)25-17-8-6-5-7-16(17)24-3;/h5-10,12H,4,11,21H2,1-3H3,(H,22,23);1H. The zero-order valence-corrected chi connectivity index (χ0v) is 15.9. The highest BCUT2D eigenvalue weighted by molar-refractivity contribution is 5.97. The number of nitrogens with two attached hydrogens (primary N) is 1. The normalized spacial score (nSPS) is 12.5. The molecule has 0 aliphatic rings. The van der Waals surface area contributed by atoms with Crippen LogP contribution in [0.3, 0.4) is 0 Å². The van der Waals surface area contributed by atoms with Crippen LogP contribution in [0.5, 0.6) is 17.2 Å². The third kappa shape index (κ3) is 5.34. The molecule has 0 bridgehead atoms. The van der Waals surface area contributed by atoms with Gasteiger partial charge in [0.25, 0.3) is 0 Å². The Hall–Kier alpha value is -2.31. The Morgan fingerprint density at radius 2 is 1.85 bits per heavy atom. The van der Waals surface area contributed by atoms with E-state index in [0.29, 0.717) is 23.6 Å². The van der Waals surface area contributed by atoms with E-state index in [4.69, 9.17) is 15.2 Å². The Morgan fingerprint density at radius 3 is 2.42 bits per heavy atom. The maximum Gasteiger partial charge on any atom is 0.244 e. The minimum absolute atomic E-state index is 0. The third-order valence-electron chi connectivity index (χ3n) is 3.77. The van der Waals surface area contributed by atoms with E-state index in [1.165, 1.54) is 19.2 Å². The molecule has 0 fully saturated rings. The van der Waals surface area contributed by atoms with Crippen molar-refractivity contribution in [3.8, 4) is 17.2 Å². The van der Waals surface area contributed by atoms with Gasteiger partial charge < -0.3 is 20.5 Å². The molecule has 1 amide bonds. The van der Waals surface area contributed by atoms with Crippen LogP contribution in [0, 0.1) is 5.82 Å². The van der Waals surface area contributed by atoms with Gasteiger partial charge in [-0.1, -0.05) is 25.5 Å². The Bertz CT molecular complexity index is 753. The minimum Gasteiger partial charge on any atom is -0.493 e. The maximum atomic E-state index is 14.3. The summed E-state index contributed by atoms with van der Waals surface area (Å²) < 4.78 is 25.1. The molecule has 1 atom stereocenters. The van der Waals surface area contributed by atoms with E-state index < -0.39 is 11.4 Å². The van der Waals surface area contributed by atoms with E-state index in [-0.39, 0.29) is 24.1 Å². The van der Waals surface area contributed by atoms with Gasteiger partial charge in [0, 0.05) is 11.8 Å². The number of nitrogens with one attached hydrogen (secondary N) is 1. The van der Waals surface area contributed by atoms with Crippen LogP contribution in [0.15, 0.2) is 42.5 Å². The number of methoxy groups -OCH3 is 1. The molecule has 0 aliphatic carbocycles. The van der Waals surface area contributed by atoms with Gasteiger partial charge in [0.05, 0.1) is 12.6 Å². The number of halogens is 2. The van der Waals surface area contributed by atoms with Crippen molar-refractivity contribution < 1.29 is 18.7 Å². The van der Waals surface area contributed by atoms with Crippen molar-refractivity contribution in [1.29, 1.82) is 0 Å². The van der Waals surface area contributed by atoms with Crippen LogP contribution >= 0.6 is 12.4 Å². The summed E-state index contributed by atoms with van der Waals surface area (Å²) in [6, 6.07) is 11.2. The third-order valence-corrected chi connectivity index (χ3v) is 3.77. The van der Waals surface area contributed by atoms with Gasteiger partial charge in [0.2, 0.25) is 5.91 Å². The highest BCUT2D eigenvalue weighted by Crippen LogP contribution is 2.33. The second kappa shape index (κ2) is 9.40. The van der Waals surface area contributed by atoms with Crippen LogP contribution in [-0.2, 0) is 4.79 Å². The lowest BCUT2D eigenvalue weighted by Gasteiger charge is -2.23. The van der Waals surface area contributed by atoms with Crippen LogP contribution in [0.4, 0.5) is 10.1 Å². The predicted octanol–water partition coefficient (Wildman–Crippen LogP) is 4.50. The summed E-state index contributed by atoms with van der Waals surface area (Å²) in [6.45, 7) is 3.60. The van der Waals surface area contributed by atoms with Crippen molar-refractivity contribution in [3.05, 3.63) is 48.3 Å². The minimum atomic E-state index is -1.00. The fraction of sp³-hybridized carbons (Fsp3) is 0.316. The fourth-order valence-corrected chi connectivity index (χ4v) is 2.39. The van der Waals surface area contributed by atoms with Crippen LogP contribution in [0.1, 0.15) is 26.7 Å². The number of amides is 1. The number of carbonyl (C=O) groups excluding carboxylic acids is 1. The van der Waals surface area contributed by atoms with Crippen molar-refractivity contribution in [3.63, 3.8) is 0 Å². The monoisotopic (exact) mass is 382 g/mol. The lowest BCUT2D eigenvalue weighted by atomic mass is 9.96. The summed E-state index contributed by atoms with van der Waals surface area (Å²) >= 11 is 0. The molecule has 1 unspecified atom stereocenters. The average Bonchev–Trinajstić information content (AvgIpc) is 2.57. The molecule has 26 heavy (non-hydrogen) atoms. The molecule has 5 nitrogen and oxygen atoms in total. The van der Waals surface area contributed by atoms with Crippen molar-refractivity contribution in [2.24, 2.45) is 5.73 Å². The lowest BCUT2D eigenvalue weighted by Crippen LogP contribution is -2.48. The van der Waals surface area contributed by atoms with Crippen LogP contribution in [0.25, 0.3) is 0 Å². The van der Waals surface area contributed by atoms with Crippen molar-refractivity contribution in [2.75, 3.05) is 12.4 Å². The van der Waals surface area contributed by atoms with Crippen LogP contribution in [-0.4, -0.2) is 18.6 Å². The van der Waals surface area contributed by atoms with E-state index in [1.54, 1.807) is 37.3 Å². The summed E-state index contributed by atoms with van der Waals surface area (Å²) in [4.78, 5) is 12.2. The number of carbonyl (C=O) groups is 1. The molecule has 2 rings (SSSR count). The van der Waals surface area contributed by atoms with Gasteiger partial charge in [-0.25, -0.2) is 4.39 Å². The summed E-state index contributed by atoms with van der Waals surface area (Å²) in [5, 5.41) is 2.64. The molecule has 7 heteroatoms. The number of hydrogen-bond donors (Lipinski definition) is 2. The van der Waals surface area contributed by atoms with Crippen LogP contribution < -0.4 is 20.5 Å². The maximum absolute atomic E-state index is 14.3. The summed E-state index contributed by atoms with van der Waals surface area (Å²) in [6.07, 6.45) is 1.32. The largest absolute Gasteiger partial charge is 0.493 e. The van der Waals surface area contributed by atoms with Gasteiger partial charge in [0.15, 0.2) is 23.1 Å². The zero-order valence-electron chi connectivity index (χ0n) is 15.0. The second-order valence-corrected chi connectivity index (χ2v) is 6.02. The summed E-state index contributed by atoms with van der Waals surface area (Å²) in [7, 11) is 1.51. The van der Waals surface area contributed by atoms with Gasteiger partial charge in [-0.2, -0.15) is 0 Å². The van der Waals surface area contributed by atoms with E-state index >= 15 is 0 Å². The predicted molar refractivity (Wildman–Crippen MR) is 103 cm³/mol. The van der Waals surface area contributed by atoms with E-state index in [9.17, 15) is 9.18 Å². The van der Waals surface area contributed by atoms with Gasteiger partial charge in [0.1, 0.15) is 0 Å². The molecule has 0 aliphatic heterocycles. The first-order valence-corrected chi connectivity index (χ1v) is 8.08. The lowest BCUT2D eigenvalue weighted by molar-refractivity contribution is -0.120. The average molecular weight is 383 g/mol. The molecule has 0 saturated heterocycles. The van der Waals surface area contributed by atoms with Gasteiger partial charge in [-0.05, 0) is 37.6 Å². The summed E-state index contributed by atoms with van der Waals surface area (Å²) in [5.74, 6) is -0.0208. The quantitative estimate of drug-likeness (QED) is 0.739. The highest BCUT2D eigenvalue weighted by atomic mass is 35.5. The number of benzene rings is 2. The number of hydrogen-bond acceptors (Lipinski definition) is 4. The van der Waals surface area contributed by atoms with E-state index in [2.05, 4.69) is 5.32 Å². The Kier molecular flexibility index (Phi) is 7.86. The van der Waals surface area contributed by atoms with Gasteiger partial charge >= 0.3 is 0 Å². The first-order chi connectivity index (χ1) is 11.9. The first-order valence-electron chi connectivity index (χ1n) is 8.08. The fourth-order valence-electron chi connectivity index (χ4n) is 2.39. The zero-order chi connectivity index (χ0) is 18.4. The number of rotatable bonds is 7. The molecule has 2 aromatic rings. The molecule has 3 N–H and O–H groups in total. The molecule has 0 aromatic heterocycles. The van der Waals surface area contributed by atoms with Crippen molar-refractivity contribution >= 4 is 24.0 Å². The molecule has 2 aromatic carbocycles. The molecular weight excluding hydrogens is 359 g/mol. The molecule has 0 heterocycles. The van der Waals surface area contributed by atoms with Crippen molar-refractivity contribution in [2.45, 2.75) is 32.2 Å². The second-order valence-electron chi connectivity index (χ2n) is 6.02. The molecule has 0 radical (unpaired) electrons. The molecular formula is C19H24ClFN2O3. The van der Waals surface area contributed by atoms with Gasteiger partial charge in [-0.15, -0.1) is 12.4 Å². The molecule has 0 saturated carbocycles. The number of anilines is 1. The van der Waals surface area contributed by atoms with E-state index in [1.807, 2.05) is 6.92 Å². The number of ether oxygens (including phenoxy) is 2. The Labute approximate surface area is 159 Å².